The molecule has 0 bridgehead atoms. The van der Waals surface area contributed by atoms with E-state index in [0.29, 0.717) is 31.9 Å². The molecule has 0 unspecified atom stereocenters. The van der Waals surface area contributed by atoms with Gasteiger partial charge in [0.15, 0.2) is 5.69 Å². The minimum Gasteiger partial charge on any atom is -0.335 e. The lowest BCUT2D eigenvalue weighted by Gasteiger charge is -2.36. The third-order valence-corrected chi connectivity index (χ3v) is 8.52. The van der Waals surface area contributed by atoms with Gasteiger partial charge in [0.1, 0.15) is 5.82 Å². The molecule has 1 aliphatic heterocycles. The number of piperazine rings is 1. The summed E-state index contributed by atoms with van der Waals surface area (Å²) in [5.74, 6) is -0.479. The molecular formula is C22H30FN5O3S. The second-order valence-corrected chi connectivity index (χ2v) is 10.1. The maximum atomic E-state index is 13.4. The summed E-state index contributed by atoms with van der Waals surface area (Å²) in [6, 6.07) is 6.12. The van der Waals surface area contributed by atoms with Crippen LogP contribution >= 0.6 is 0 Å². The van der Waals surface area contributed by atoms with E-state index in [0.717, 1.165) is 42.6 Å². The van der Waals surface area contributed by atoms with Crippen molar-refractivity contribution in [2.45, 2.75) is 39.5 Å². The number of nitrogens with zero attached hydrogens (tertiary/aromatic N) is 5. The molecule has 1 saturated heterocycles. The Hall–Kier alpha value is -2.30. The van der Waals surface area contributed by atoms with Crippen molar-refractivity contribution in [2.75, 3.05) is 39.3 Å². The van der Waals surface area contributed by atoms with Crippen molar-refractivity contribution in [3.05, 3.63) is 47.0 Å². The summed E-state index contributed by atoms with van der Waals surface area (Å²) >= 11 is 0. The average Bonchev–Trinajstić information content (AvgIpc) is 3.19. The highest BCUT2D eigenvalue weighted by Crippen LogP contribution is 2.28. The fourth-order valence-corrected chi connectivity index (χ4v) is 6.16. The van der Waals surface area contributed by atoms with E-state index in [1.165, 1.54) is 20.7 Å². The van der Waals surface area contributed by atoms with Crippen LogP contribution in [0.25, 0.3) is 5.69 Å². The molecule has 1 aromatic heterocycles. The first kappa shape index (κ1) is 22.9. The summed E-state index contributed by atoms with van der Waals surface area (Å²) in [5, 5.41) is 4.65. The Kier molecular flexibility index (Phi) is 6.64. The van der Waals surface area contributed by atoms with Gasteiger partial charge in [-0.3, -0.25) is 4.79 Å². The van der Waals surface area contributed by atoms with E-state index in [4.69, 9.17) is 0 Å². The third-order valence-electron chi connectivity index (χ3n) is 6.34. The molecule has 0 spiro atoms. The van der Waals surface area contributed by atoms with Gasteiger partial charge in [-0.25, -0.2) is 9.07 Å². The number of halogens is 1. The van der Waals surface area contributed by atoms with E-state index in [1.807, 2.05) is 13.8 Å². The van der Waals surface area contributed by atoms with Gasteiger partial charge in [-0.15, -0.1) is 0 Å². The number of hydrogen-bond donors (Lipinski definition) is 0. The van der Waals surface area contributed by atoms with E-state index in [-0.39, 0.29) is 24.8 Å². The summed E-state index contributed by atoms with van der Waals surface area (Å²) < 4.78 is 43.6. The number of fused-ring (bicyclic) bond motifs is 1. The van der Waals surface area contributed by atoms with Gasteiger partial charge in [-0.2, -0.15) is 22.1 Å². The van der Waals surface area contributed by atoms with Crippen molar-refractivity contribution in [1.29, 1.82) is 0 Å². The summed E-state index contributed by atoms with van der Waals surface area (Å²) in [5.41, 5.74) is 3.14. The summed E-state index contributed by atoms with van der Waals surface area (Å²) in [6.45, 7) is 5.69. The van der Waals surface area contributed by atoms with Crippen LogP contribution < -0.4 is 0 Å². The Balaban J connectivity index is 1.55. The fourth-order valence-electron chi connectivity index (χ4n) is 4.55. The zero-order valence-corrected chi connectivity index (χ0v) is 19.4. The molecule has 0 N–H and O–H groups in total. The minimum atomic E-state index is -3.51. The van der Waals surface area contributed by atoms with Crippen LogP contribution in [0.5, 0.6) is 0 Å². The Bertz CT molecular complexity index is 1070. The van der Waals surface area contributed by atoms with E-state index in [1.54, 1.807) is 21.7 Å². The van der Waals surface area contributed by atoms with Gasteiger partial charge in [0.2, 0.25) is 0 Å². The average molecular weight is 464 g/mol. The Morgan fingerprint density at radius 1 is 1.03 bits per heavy atom. The van der Waals surface area contributed by atoms with Crippen molar-refractivity contribution in [2.24, 2.45) is 0 Å². The van der Waals surface area contributed by atoms with Gasteiger partial charge in [-0.1, -0.05) is 13.8 Å². The molecule has 10 heteroatoms. The largest absolute Gasteiger partial charge is 0.335 e. The molecule has 2 heterocycles. The van der Waals surface area contributed by atoms with Gasteiger partial charge < -0.3 is 4.90 Å². The molecule has 1 fully saturated rings. The number of amides is 1. The van der Waals surface area contributed by atoms with Crippen LogP contribution in [0.3, 0.4) is 0 Å². The zero-order chi connectivity index (χ0) is 22.9. The highest BCUT2D eigenvalue weighted by molar-refractivity contribution is 7.86. The highest BCUT2D eigenvalue weighted by atomic mass is 32.2. The monoisotopic (exact) mass is 463 g/mol. The molecular weight excluding hydrogens is 433 g/mol. The SMILES string of the molecule is CCN(CC)S(=O)(=O)N1CCN(C(=O)c2nn(-c3ccc(F)cc3)c3c2CCCC3)CC1. The standard InChI is InChI=1S/C22H30FN5O3S/c1-3-26(4-2)32(30,31)27-15-13-25(14-16-27)22(29)21-19-7-5-6-8-20(19)28(24-21)18-11-9-17(23)10-12-18/h9-12H,3-8,13-16H2,1-2H3. The maximum Gasteiger partial charge on any atom is 0.282 e. The first-order valence-electron chi connectivity index (χ1n) is 11.3. The Morgan fingerprint density at radius 2 is 1.66 bits per heavy atom. The molecule has 32 heavy (non-hydrogen) atoms. The topological polar surface area (TPSA) is 78.8 Å². The van der Waals surface area contributed by atoms with Crippen LogP contribution in [-0.4, -0.2) is 76.9 Å². The number of rotatable bonds is 6. The van der Waals surface area contributed by atoms with Crippen LogP contribution in [-0.2, 0) is 23.1 Å². The summed E-state index contributed by atoms with van der Waals surface area (Å²) in [7, 11) is -3.51. The van der Waals surface area contributed by atoms with E-state index >= 15 is 0 Å². The van der Waals surface area contributed by atoms with Crippen LogP contribution in [0, 0.1) is 5.82 Å². The van der Waals surface area contributed by atoms with Gasteiger partial charge in [0, 0.05) is 50.5 Å². The molecule has 1 aliphatic carbocycles. The fraction of sp³-hybridized carbons (Fsp3) is 0.545. The van der Waals surface area contributed by atoms with Crippen LogP contribution in [0.1, 0.15) is 48.4 Å². The molecule has 0 atom stereocenters. The van der Waals surface area contributed by atoms with Crippen molar-refractivity contribution < 1.29 is 17.6 Å². The number of carbonyl (C=O) groups is 1. The predicted molar refractivity (Wildman–Crippen MR) is 119 cm³/mol. The molecule has 2 aromatic rings. The molecule has 8 nitrogen and oxygen atoms in total. The number of hydrogen-bond acceptors (Lipinski definition) is 4. The van der Waals surface area contributed by atoms with E-state index in [2.05, 4.69) is 5.10 Å². The molecule has 0 saturated carbocycles. The first-order chi connectivity index (χ1) is 15.4. The molecule has 2 aliphatic rings. The second-order valence-electron chi connectivity index (χ2n) is 8.15. The smallest absolute Gasteiger partial charge is 0.282 e. The van der Waals surface area contributed by atoms with Gasteiger partial charge >= 0.3 is 0 Å². The van der Waals surface area contributed by atoms with Crippen LogP contribution in [0.4, 0.5) is 4.39 Å². The van der Waals surface area contributed by atoms with Crippen molar-refractivity contribution in [1.82, 2.24) is 23.3 Å². The van der Waals surface area contributed by atoms with E-state index < -0.39 is 10.2 Å². The van der Waals surface area contributed by atoms with Gasteiger partial charge in [0.05, 0.1) is 5.69 Å². The number of benzene rings is 1. The normalized spacial score (nSPS) is 17.6. The lowest BCUT2D eigenvalue weighted by molar-refractivity contribution is 0.0686. The van der Waals surface area contributed by atoms with Gasteiger partial charge in [0.25, 0.3) is 16.1 Å². The lowest BCUT2D eigenvalue weighted by Crippen LogP contribution is -2.54. The quantitative estimate of drug-likeness (QED) is 0.658. The minimum absolute atomic E-state index is 0.163. The second kappa shape index (κ2) is 9.29. The number of aromatic nitrogens is 2. The Labute approximate surface area is 188 Å². The predicted octanol–water partition coefficient (Wildman–Crippen LogP) is 2.23. The molecule has 174 valence electrons. The Morgan fingerprint density at radius 3 is 2.28 bits per heavy atom. The first-order valence-corrected chi connectivity index (χ1v) is 12.7. The lowest BCUT2D eigenvalue weighted by atomic mass is 9.95. The van der Waals surface area contributed by atoms with E-state index in [9.17, 15) is 17.6 Å². The summed E-state index contributed by atoms with van der Waals surface area (Å²) in [4.78, 5) is 15.1. The summed E-state index contributed by atoms with van der Waals surface area (Å²) in [6.07, 6.45) is 3.63. The van der Waals surface area contributed by atoms with Crippen LogP contribution in [0.15, 0.2) is 24.3 Å². The zero-order valence-electron chi connectivity index (χ0n) is 18.6. The van der Waals surface area contributed by atoms with Gasteiger partial charge in [-0.05, 0) is 49.9 Å². The van der Waals surface area contributed by atoms with Crippen molar-refractivity contribution >= 4 is 16.1 Å². The third kappa shape index (κ3) is 4.18. The molecule has 0 radical (unpaired) electrons. The number of carbonyl (C=O) groups excluding carboxylic acids is 1. The molecule has 1 amide bonds. The highest BCUT2D eigenvalue weighted by Gasteiger charge is 2.34. The van der Waals surface area contributed by atoms with Crippen LogP contribution in [0.2, 0.25) is 0 Å². The molecule has 1 aromatic carbocycles. The maximum absolute atomic E-state index is 13.4. The van der Waals surface area contributed by atoms with Crippen molar-refractivity contribution in [3.63, 3.8) is 0 Å². The molecule has 4 rings (SSSR count). The van der Waals surface area contributed by atoms with Crippen molar-refractivity contribution in [3.8, 4) is 5.69 Å².